The third-order valence-electron chi connectivity index (χ3n) is 3.40. The number of amidine groups is 2. The van der Waals surface area contributed by atoms with Gasteiger partial charge in [-0.25, -0.2) is 9.98 Å². The summed E-state index contributed by atoms with van der Waals surface area (Å²) < 4.78 is 5.34. The minimum atomic E-state index is -1.73. The molecule has 1 fully saturated rings. The Labute approximate surface area is 113 Å². The van der Waals surface area contributed by atoms with Crippen LogP contribution in [0.25, 0.3) is 0 Å². The number of nitrogens with zero attached hydrogens (tertiary/aromatic N) is 4. The largest absolute Gasteiger partial charge is 0.394 e. The molecule has 0 aromatic rings. The maximum absolute atomic E-state index is 9.99. The van der Waals surface area contributed by atoms with Crippen LogP contribution in [0.3, 0.4) is 0 Å². The Morgan fingerprint density at radius 2 is 2.05 bits per heavy atom. The Morgan fingerprint density at radius 1 is 1.30 bits per heavy atom. The van der Waals surface area contributed by atoms with Crippen molar-refractivity contribution in [2.75, 3.05) is 6.61 Å². The second kappa shape index (κ2) is 4.40. The van der Waals surface area contributed by atoms with Crippen LogP contribution >= 0.6 is 0 Å². The van der Waals surface area contributed by atoms with Gasteiger partial charge < -0.3 is 25.8 Å². The molecule has 3 rings (SSSR count). The second-order valence-electron chi connectivity index (χ2n) is 4.73. The summed E-state index contributed by atoms with van der Waals surface area (Å²) in [5.41, 5.74) is 12.2. The molecule has 0 aromatic heterocycles. The van der Waals surface area contributed by atoms with Gasteiger partial charge in [0.25, 0.3) is 0 Å². The van der Waals surface area contributed by atoms with Gasteiger partial charge in [-0.3, -0.25) is 5.73 Å². The van der Waals surface area contributed by atoms with E-state index in [4.69, 9.17) is 21.3 Å². The van der Waals surface area contributed by atoms with Crippen molar-refractivity contribution in [2.45, 2.75) is 30.2 Å². The predicted molar refractivity (Wildman–Crippen MR) is 66.7 cm³/mol. The molecule has 3 aliphatic rings. The van der Waals surface area contributed by atoms with Crippen LogP contribution < -0.4 is 11.5 Å². The quantitative estimate of drug-likeness (QED) is 0.366. The fraction of sp³-hybridized carbons (Fsp3) is 0.600. The van der Waals surface area contributed by atoms with Gasteiger partial charge in [0.15, 0.2) is 5.84 Å². The van der Waals surface area contributed by atoms with Gasteiger partial charge in [-0.2, -0.15) is 5.11 Å². The molecule has 0 saturated carbocycles. The lowest BCUT2D eigenvalue weighted by molar-refractivity contribution is -0.0483. The summed E-state index contributed by atoms with van der Waals surface area (Å²) in [6.07, 6.45) is -3.37. The molecule has 7 N–H and O–H groups in total. The number of fused-ring (bicyclic) bond motifs is 1. The van der Waals surface area contributed by atoms with Gasteiger partial charge in [0.2, 0.25) is 5.79 Å². The molecule has 3 heterocycles. The van der Waals surface area contributed by atoms with E-state index in [1.165, 1.54) is 6.20 Å². The lowest BCUT2D eigenvalue weighted by Gasteiger charge is -2.31. The average Bonchev–Trinajstić information content (AvgIpc) is 2.96. The van der Waals surface area contributed by atoms with Gasteiger partial charge in [-0.15, -0.1) is 5.11 Å². The first-order chi connectivity index (χ1) is 9.46. The summed E-state index contributed by atoms with van der Waals surface area (Å²) in [5.74, 6) is -1.47. The molecule has 20 heavy (non-hydrogen) atoms. The normalized spacial score (nSPS) is 43.1. The highest BCUT2D eigenvalue weighted by molar-refractivity contribution is 6.24. The highest BCUT2D eigenvalue weighted by Crippen LogP contribution is 2.32. The van der Waals surface area contributed by atoms with Crippen molar-refractivity contribution in [2.24, 2.45) is 31.7 Å². The zero-order valence-corrected chi connectivity index (χ0v) is 10.3. The first-order valence-corrected chi connectivity index (χ1v) is 5.94. The van der Waals surface area contributed by atoms with Crippen LogP contribution in [0.4, 0.5) is 0 Å². The molecule has 1 unspecified atom stereocenters. The molecule has 3 aliphatic heterocycles. The second-order valence-corrected chi connectivity index (χ2v) is 4.73. The molecule has 0 radical (unpaired) electrons. The maximum Gasteiger partial charge on any atom is 0.235 e. The van der Waals surface area contributed by atoms with Crippen molar-refractivity contribution in [3.63, 3.8) is 0 Å². The SMILES string of the molecule is NC1=NC(N)([C@@H]2O[C@H](CO)[C@@H](O)[C@H]2O)N=C2N=NC=C12. The Balaban J connectivity index is 1.96. The zero-order valence-electron chi connectivity index (χ0n) is 10.3. The molecule has 0 aliphatic carbocycles. The summed E-state index contributed by atoms with van der Waals surface area (Å²) in [5, 5.41) is 36.2. The van der Waals surface area contributed by atoms with Crippen LogP contribution in [0.15, 0.2) is 32.0 Å². The van der Waals surface area contributed by atoms with E-state index in [1.807, 2.05) is 0 Å². The molecule has 0 amide bonds. The molecule has 5 atom stereocenters. The number of azo groups is 1. The zero-order chi connectivity index (χ0) is 14.5. The van der Waals surface area contributed by atoms with Crippen LogP contribution in [0.1, 0.15) is 0 Å². The maximum atomic E-state index is 9.99. The van der Waals surface area contributed by atoms with Crippen LogP contribution in [0.5, 0.6) is 0 Å². The van der Waals surface area contributed by atoms with Gasteiger partial charge >= 0.3 is 0 Å². The number of aliphatic imine (C=N–C) groups is 2. The van der Waals surface area contributed by atoms with E-state index in [0.29, 0.717) is 5.57 Å². The van der Waals surface area contributed by atoms with E-state index >= 15 is 0 Å². The van der Waals surface area contributed by atoms with Gasteiger partial charge in [0.1, 0.15) is 30.3 Å². The van der Waals surface area contributed by atoms with Crippen LogP contribution in [0, 0.1) is 0 Å². The van der Waals surface area contributed by atoms with E-state index in [1.54, 1.807) is 0 Å². The number of rotatable bonds is 2. The van der Waals surface area contributed by atoms with E-state index in [9.17, 15) is 10.2 Å². The van der Waals surface area contributed by atoms with E-state index < -0.39 is 36.8 Å². The van der Waals surface area contributed by atoms with E-state index in [2.05, 4.69) is 20.2 Å². The van der Waals surface area contributed by atoms with Crippen molar-refractivity contribution >= 4 is 11.7 Å². The average molecular weight is 282 g/mol. The minimum absolute atomic E-state index is 0.0697. The molecule has 0 aromatic carbocycles. The number of hydrogen-bond donors (Lipinski definition) is 5. The molecule has 0 spiro atoms. The summed E-state index contributed by atoms with van der Waals surface area (Å²) in [4.78, 5) is 8.09. The standard InChI is InChI=1S/C10H14N6O4/c11-8-3-1-13-16-9(3)15-10(12,14-8)7-6(19)5(18)4(2-17)20-7/h1,4-7,17-19H,2,12H2,(H2,11,14)/t4-,5-,6-,7-,10?/m1/s1. The highest BCUT2D eigenvalue weighted by Gasteiger charge is 2.53. The molecular weight excluding hydrogens is 268 g/mol. The van der Waals surface area contributed by atoms with E-state index in [0.717, 1.165) is 0 Å². The highest BCUT2D eigenvalue weighted by atomic mass is 16.6. The fourth-order valence-electron chi connectivity index (χ4n) is 2.34. The van der Waals surface area contributed by atoms with Crippen molar-refractivity contribution in [1.29, 1.82) is 0 Å². The monoisotopic (exact) mass is 282 g/mol. The topological polar surface area (TPSA) is 171 Å². The first-order valence-electron chi connectivity index (χ1n) is 5.94. The van der Waals surface area contributed by atoms with Gasteiger partial charge in [-0.1, -0.05) is 0 Å². The Bertz CT molecular complexity index is 558. The van der Waals surface area contributed by atoms with Gasteiger partial charge in [0.05, 0.1) is 18.4 Å². The fourth-order valence-corrected chi connectivity index (χ4v) is 2.34. The lowest BCUT2D eigenvalue weighted by atomic mass is 10.0. The van der Waals surface area contributed by atoms with Gasteiger partial charge in [-0.05, 0) is 0 Å². The summed E-state index contributed by atoms with van der Waals surface area (Å²) in [6.45, 7) is -0.467. The third-order valence-corrected chi connectivity index (χ3v) is 3.40. The number of nitrogens with two attached hydrogens (primary N) is 2. The summed E-state index contributed by atoms with van der Waals surface area (Å²) in [7, 11) is 0. The van der Waals surface area contributed by atoms with Crippen LogP contribution in [0.2, 0.25) is 0 Å². The first kappa shape index (κ1) is 13.3. The number of aliphatic hydroxyl groups excluding tert-OH is 3. The smallest absolute Gasteiger partial charge is 0.235 e. The van der Waals surface area contributed by atoms with Crippen molar-refractivity contribution in [3.8, 4) is 0 Å². The van der Waals surface area contributed by atoms with Crippen LogP contribution in [-0.4, -0.2) is 63.8 Å². The molecule has 10 heteroatoms. The Hall–Kier alpha value is -1.72. The molecular formula is C10H14N6O4. The van der Waals surface area contributed by atoms with Crippen molar-refractivity contribution in [3.05, 3.63) is 11.8 Å². The summed E-state index contributed by atoms with van der Waals surface area (Å²) in [6, 6.07) is 0. The van der Waals surface area contributed by atoms with Crippen molar-refractivity contribution < 1.29 is 20.1 Å². The van der Waals surface area contributed by atoms with Crippen LogP contribution in [-0.2, 0) is 4.74 Å². The molecule has 108 valence electrons. The minimum Gasteiger partial charge on any atom is -0.394 e. The van der Waals surface area contributed by atoms with E-state index in [-0.39, 0.29) is 11.7 Å². The Morgan fingerprint density at radius 3 is 2.70 bits per heavy atom. The summed E-state index contributed by atoms with van der Waals surface area (Å²) >= 11 is 0. The third kappa shape index (κ3) is 1.77. The molecule has 10 nitrogen and oxygen atoms in total. The molecule has 0 bridgehead atoms. The number of ether oxygens (including phenoxy) is 1. The molecule has 1 saturated heterocycles. The van der Waals surface area contributed by atoms with Crippen molar-refractivity contribution in [1.82, 2.24) is 0 Å². The van der Waals surface area contributed by atoms with Gasteiger partial charge in [0, 0.05) is 0 Å². The number of aliphatic hydroxyl groups is 3. The predicted octanol–water partition coefficient (Wildman–Crippen LogP) is -2.80. The Kier molecular flexibility index (Phi) is 2.92. The lowest BCUT2D eigenvalue weighted by Crippen LogP contribution is -2.56. The number of hydrogen-bond acceptors (Lipinski definition) is 10.